The molecule has 3 rings (SSSR count). The maximum Gasteiger partial charge on any atom is 0.342 e. The average molecular weight is 371 g/mol. The van der Waals surface area contributed by atoms with Crippen molar-refractivity contribution in [1.29, 1.82) is 0 Å². The van der Waals surface area contributed by atoms with Crippen LogP contribution in [0.25, 0.3) is 0 Å². The number of amides is 1. The van der Waals surface area contributed by atoms with E-state index in [2.05, 4.69) is 10.3 Å². The summed E-state index contributed by atoms with van der Waals surface area (Å²) in [5, 5.41) is 3.08. The van der Waals surface area contributed by atoms with E-state index in [1.54, 1.807) is 49.2 Å². The Morgan fingerprint density at radius 2 is 2.07 bits per heavy atom. The Hall–Kier alpha value is -2.96. The van der Waals surface area contributed by atoms with Crippen molar-refractivity contribution in [2.24, 2.45) is 0 Å². The SMILES string of the molecule is CC(C)OC(=O)c1cccnc1NC1CCN(Cc2ccc(F)cc2)C1=O. The molecule has 1 atom stereocenters. The summed E-state index contributed by atoms with van der Waals surface area (Å²) in [7, 11) is 0. The predicted octanol–water partition coefficient (Wildman–Crippen LogP) is 3.00. The van der Waals surface area contributed by atoms with E-state index in [-0.39, 0.29) is 17.8 Å². The van der Waals surface area contributed by atoms with E-state index >= 15 is 0 Å². The van der Waals surface area contributed by atoms with E-state index in [4.69, 9.17) is 4.74 Å². The lowest BCUT2D eigenvalue weighted by Gasteiger charge is -2.18. The normalized spacial score (nSPS) is 16.7. The van der Waals surface area contributed by atoms with Crippen molar-refractivity contribution in [3.8, 4) is 0 Å². The maximum atomic E-state index is 13.0. The number of hydrogen-bond donors (Lipinski definition) is 1. The number of likely N-dealkylation sites (tertiary alicyclic amines) is 1. The smallest absolute Gasteiger partial charge is 0.342 e. The number of ether oxygens (including phenoxy) is 1. The number of benzene rings is 1. The minimum Gasteiger partial charge on any atom is -0.459 e. The van der Waals surface area contributed by atoms with Gasteiger partial charge in [-0.05, 0) is 50.1 Å². The summed E-state index contributed by atoms with van der Waals surface area (Å²) in [6, 6.07) is 8.91. The molecule has 1 aliphatic heterocycles. The van der Waals surface area contributed by atoms with Crippen LogP contribution in [-0.4, -0.2) is 40.5 Å². The molecule has 0 saturated carbocycles. The van der Waals surface area contributed by atoms with Gasteiger partial charge in [0.15, 0.2) is 0 Å². The summed E-state index contributed by atoms with van der Waals surface area (Å²) in [5.41, 5.74) is 1.17. The molecule has 1 fully saturated rings. The summed E-state index contributed by atoms with van der Waals surface area (Å²) in [6.45, 7) is 4.54. The van der Waals surface area contributed by atoms with E-state index in [1.165, 1.54) is 12.1 Å². The van der Waals surface area contributed by atoms with Crippen LogP contribution in [0.3, 0.4) is 0 Å². The monoisotopic (exact) mass is 371 g/mol. The van der Waals surface area contributed by atoms with Gasteiger partial charge in [0.2, 0.25) is 5.91 Å². The number of hydrogen-bond acceptors (Lipinski definition) is 5. The second-order valence-corrected chi connectivity index (χ2v) is 6.73. The standard InChI is InChI=1S/C20H22FN3O3/c1-13(2)27-20(26)16-4-3-10-22-18(16)23-17-9-11-24(19(17)25)12-14-5-7-15(21)8-6-14/h3-8,10,13,17H,9,11-12H2,1-2H3,(H,22,23). The van der Waals surface area contributed by atoms with Crippen LogP contribution in [0.5, 0.6) is 0 Å². The lowest BCUT2D eigenvalue weighted by atomic mass is 10.2. The molecule has 2 heterocycles. The van der Waals surface area contributed by atoms with Crippen molar-refractivity contribution in [3.63, 3.8) is 0 Å². The van der Waals surface area contributed by atoms with Crippen LogP contribution in [-0.2, 0) is 16.1 Å². The molecule has 0 aliphatic carbocycles. The Labute approximate surface area is 157 Å². The van der Waals surface area contributed by atoms with Crippen LogP contribution in [0.4, 0.5) is 10.2 Å². The molecule has 142 valence electrons. The Balaban J connectivity index is 1.68. The van der Waals surface area contributed by atoms with Crippen molar-refractivity contribution in [2.75, 3.05) is 11.9 Å². The number of nitrogens with one attached hydrogen (secondary N) is 1. The van der Waals surface area contributed by atoms with Crippen LogP contribution in [0.1, 0.15) is 36.2 Å². The van der Waals surface area contributed by atoms with E-state index < -0.39 is 12.0 Å². The van der Waals surface area contributed by atoms with E-state index in [9.17, 15) is 14.0 Å². The van der Waals surface area contributed by atoms with Crippen molar-refractivity contribution in [1.82, 2.24) is 9.88 Å². The van der Waals surface area contributed by atoms with Gasteiger partial charge in [-0.2, -0.15) is 0 Å². The number of aromatic nitrogens is 1. The zero-order valence-corrected chi connectivity index (χ0v) is 15.3. The molecule has 1 saturated heterocycles. The fourth-order valence-corrected chi connectivity index (χ4v) is 2.97. The molecule has 0 bridgehead atoms. The Bertz CT molecular complexity index is 823. The number of pyridine rings is 1. The molecule has 1 aliphatic rings. The highest BCUT2D eigenvalue weighted by atomic mass is 19.1. The molecule has 1 unspecified atom stereocenters. The summed E-state index contributed by atoms with van der Waals surface area (Å²) >= 11 is 0. The fraction of sp³-hybridized carbons (Fsp3) is 0.350. The number of carbonyl (C=O) groups excluding carboxylic acids is 2. The van der Waals surface area contributed by atoms with Crippen LogP contribution < -0.4 is 5.32 Å². The molecule has 7 heteroatoms. The Morgan fingerprint density at radius 1 is 1.33 bits per heavy atom. The minimum atomic E-state index is -0.478. The van der Waals surface area contributed by atoms with Crippen molar-refractivity contribution in [2.45, 2.75) is 39.0 Å². The van der Waals surface area contributed by atoms with Gasteiger partial charge in [-0.25, -0.2) is 14.2 Å². The van der Waals surface area contributed by atoms with Crippen LogP contribution in [0, 0.1) is 5.82 Å². The van der Waals surface area contributed by atoms with Crippen molar-refractivity contribution >= 4 is 17.7 Å². The quantitative estimate of drug-likeness (QED) is 0.791. The number of halogens is 1. The lowest BCUT2D eigenvalue weighted by Crippen LogP contribution is -2.33. The van der Waals surface area contributed by atoms with E-state index in [0.717, 1.165) is 5.56 Å². The number of esters is 1. The van der Waals surface area contributed by atoms with Crippen LogP contribution >= 0.6 is 0 Å². The fourth-order valence-electron chi connectivity index (χ4n) is 2.97. The average Bonchev–Trinajstić information content (AvgIpc) is 2.97. The predicted molar refractivity (Wildman–Crippen MR) is 98.6 cm³/mol. The summed E-state index contributed by atoms with van der Waals surface area (Å²) in [5.74, 6) is -0.519. The van der Waals surface area contributed by atoms with E-state index in [1.807, 2.05) is 0 Å². The zero-order valence-electron chi connectivity index (χ0n) is 15.3. The number of rotatable bonds is 6. The van der Waals surface area contributed by atoms with Crippen molar-refractivity contribution < 1.29 is 18.7 Å². The minimum absolute atomic E-state index is 0.0758. The first-order valence-electron chi connectivity index (χ1n) is 8.90. The van der Waals surface area contributed by atoms with Gasteiger partial charge in [-0.15, -0.1) is 0 Å². The zero-order chi connectivity index (χ0) is 19.4. The molecule has 0 radical (unpaired) electrons. The summed E-state index contributed by atoms with van der Waals surface area (Å²) in [6.07, 6.45) is 1.91. The third-order valence-electron chi connectivity index (χ3n) is 4.27. The highest BCUT2D eigenvalue weighted by Crippen LogP contribution is 2.21. The second kappa shape index (κ2) is 8.16. The highest BCUT2D eigenvalue weighted by molar-refractivity contribution is 5.96. The molecule has 1 aromatic heterocycles. The third kappa shape index (κ3) is 4.61. The highest BCUT2D eigenvalue weighted by Gasteiger charge is 2.32. The molecule has 1 aromatic carbocycles. The van der Waals surface area contributed by atoms with Crippen molar-refractivity contribution in [3.05, 3.63) is 59.5 Å². The van der Waals surface area contributed by atoms with Gasteiger partial charge in [0.25, 0.3) is 0 Å². The lowest BCUT2D eigenvalue weighted by molar-refractivity contribution is -0.128. The molecule has 6 nitrogen and oxygen atoms in total. The first kappa shape index (κ1) is 18.8. The topological polar surface area (TPSA) is 71.5 Å². The third-order valence-corrected chi connectivity index (χ3v) is 4.27. The van der Waals surface area contributed by atoms with Gasteiger partial charge < -0.3 is 15.0 Å². The van der Waals surface area contributed by atoms with Gasteiger partial charge in [-0.3, -0.25) is 4.79 Å². The maximum absolute atomic E-state index is 13.0. The molecular formula is C20H22FN3O3. The van der Waals surface area contributed by atoms with E-state index in [0.29, 0.717) is 30.9 Å². The molecule has 27 heavy (non-hydrogen) atoms. The molecule has 1 N–H and O–H groups in total. The van der Waals surface area contributed by atoms with Gasteiger partial charge in [0, 0.05) is 19.3 Å². The Kier molecular flexibility index (Phi) is 5.69. The van der Waals surface area contributed by atoms with Gasteiger partial charge in [-0.1, -0.05) is 12.1 Å². The summed E-state index contributed by atoms with van der Waals surface area (Å²) < 4.78 is 18.3. The van der Waals surface area contributed by atoms with Crippen LogP contribution in [0.15, 0.2) is 42.6 Å². The number of nitrogens with zero attached hydrogens (tertiary/aromatic N) is 2. The molecule has 2 aromatic rings. The molecule has 1 amide bonds. The molecule has 0 spiro atoms. The van der Waals surface area contributed by atoms with Gasteiger partial charge in [0.05, 0.1) is 6.10 Å². The first-order chi connectivity index (χ1) is 12.9. The summed E-state index contributed by atoms with van der Waals surface area (Å²) in [4.78, 5) is 30.8. The number of anilines is 1. The van der Waals surface area contributed by atoms with Gasteiger partial charge in [0.1, 0.15) is 23.2 Å². The second-order valence-electron chi connectivity index (χ2n) is 6.73. The Morgan fingerprint density at radius 3 is 2.78 bits per heavy atom. The first-order valence-corrected chi connectivity index (χ1v) is 8.90. The number of carbonyl (C=O) groups is 2. The largest absolute Gasteiger partial charge is 0.459 e. The van der Waals surface area contributed by atoms with Gasteiger partial charge >= 0.3 is 5.97 Å². The molecular weight excluding hydrogens is 349 g/mol. The van der Waals surface area contributed by atoms with Crippen LogP contribution in [0.2, 0.25) is 0 Å².